The zero-order valence-corrected chi connectivity index (χ0v) is 15.2. The Morgan fingerprint density at radius 3 is 2.52 bits per heavy atom. The zero-order valence-electron chi connectivity index (χ0n) is 14.3. The highest BCUT2D eigenvalue weighted by atomic mass is 32.2. The minimum absolute atomic E-state index is 0.127. The Labute approximate surface area is 147 Å². The first kappa shape index (κ1) is 18.9. The summed E-state index contributed by atoms with van der Waals surface area (Å²) >= 11 is 0. The van der Waals surface area contributed by atoms with Gasteiger partial charge in [-0.15, -0.1) is 0 Å². The molecule has 0 aromatic heterocycles. The lowest BCUT2D eigenvalue weighted by atomic mass is 10.1. The number of sulfonamides is 1. The molecule has 2 rings (SSSR count). The van der Waals surface area contributed by atoms with Gasteiger partial charge in [0.15, 0.2) is 0 Å². The van der Waals surface area contributed by atoms with Gasteiger partial charge in [-0.1, -0.05) is 25.1 Å². The number of carbonyl (C=O) groups is 1. The van der Waals surface area contributed by atoms with Crippen LogP contribution in [0.5, 0.6) is 0 Å². The number of hydrogen-bond acceptors (Lipinski definition) is 3. The van der Waals surface area contributed by atoms with Crippen molar-refractivity contribution in [1.29, 1.82) is 0 Å². The molecule has 0 aliphatic rings. The summed E-state index contributed by atoms with van der Waals surface area (Å²) in [5.41, 5.74) is 2.75. The Hall–Kier alpha value is -2.41. The summed E-state index contributed by atoms with van der Waals surface area (Å²) in [7, 11) is -3.78. The third-order valence-corrected chi connectivity index (χ3v) is 5.36. The molecular formula is C18H21FN2O3S. The molecule has 0 aliphatic carbocycles. The third kappa shape index (κ3) is 5.29. The van der Waals surface area contributed by atoms with Crippen LogP contribution in [0.2, 0.25) is 0 Å². The molecule has 1 atom stereocenters. The van der Waals surface area contributed by atoms with Gasteiger partial charge in [0, 0.05) is 5.69 Å². The molecule has 1 unspecified atom stereocenters. The number of carbonyl (C=O) groups excluding carboxylic acids is 1. The summed E-state index contributed by atoms with van der Waals surface area (Å²) in [6.07, 6.45) is 0. The molecule has 0 saturated carbocycles. The van der Waals surface area contributed by atoms with Crippen molar-refractivity contribution in [2.24, 2.45) is 5.92 Å². The highest BCUT2D eigenvalue weighted by molar-refractivity contribution is 7.92. The van der Waals surface area contributed by atoms with Gasteiger partial charge < -0.3 is 5.32 Å². The normalized spacial score (nSPS) is 12.5. The van der Waals surface area contributed by atoms with Crippen molar-refractivity contribution < 1.29 is 17.6 Å². The van der Waals surface area contributed by atoms with Crippen LogP contribution in [0.3, 0.4) is 0 Å². The average Bonchev–Trinajstić information content (AvgIpc) is 2.50. The monoisotopic (exact) mass is 364 g/mol. The predicted octanol–water partition coefficient (Wildman–Crippen LogP) is 3.46. The lowest BCUT2D eigenvalue weighted by Crippen LogP contribution is -2.30. The Morgan fingerprint density at radius 2 is 1.84 bits per heavy atom. The van der Waals surface area contributed by atoms with Gasteiger partial charge in [0.1, 0.15) is 5.82 Å². The number of halogens is 1. The van der Waals surface area contributed by atoms with Crippen molar-refractivity contribution in [2.75, 3.05) is 15.8 Å². The van der Waals surface area contributed by atoms with Crippen molar-refractivity contribution in [1.82, 2.24) is 0 Å². The van der Waals surface area contributed by atoms with E-state index in [2.05, 4.69) is 10.0 Å². The van der Waals surface area contributed by atoms with Crippen molar-refractivity contribution in [3.05, 3.63) is 59.4 Å². The fourth-order valence-electron chi connectivity index (χ4n) is 2.32. The molecule has 0 radical (unpaired) electrons. The Kier molecular flexibility index (Phi) is 5.79. The van der Waals surface area contributed by atoms with Gasteiger partial charge in [0.05, 0.1) is 17.4 Å². The molecule has 0 aliphatic heterocycles. The number of aryl methyl sites for hydroxylation is 1. The van der Waals surface area contributed by atoms with Crippen molar-refractivity contribution >= 4 is 27.3 Å². The van der Waals surface area contributed by atoms with E-state index in [9.17, 15) is 17.6 Å². The van der Waals surface area contributed by atoms with E-state index >= 15 is 0 Å². The van der Waals surface area contributed by atoms with Crippen molar-refractivity contribution in [3.8, 4) is 0 Å². The van der Waals surface area contributed by atoms with Gasteiger partial charge in [-0.2, -0.15) is 0 Å². The summed E-state index contributed by atoms with van der Waals surface area (Å²) in [5.74, 6) is -2.11. The largest absolute Gasteiger partial charge is 0.326 e. The molecule has 5 nitrogen and oxygen atoms in total. The van der Waals surface area contributed by atoms with Crippen molar-refractivity contribution in [3.63, 3.8) is 0 Å². The van der Waals surface area contributed by atoms with Crippen LogP contribution in [0.25, 0.3) is 0 Å². The van der Waals surface area contributed by atoms with Gasteiger partial charge in [0.25, 0.3) is 0 Å². The van der Waals surface area contributed by atoms with E-state index in [1.165, 1.54) is 25.1 Å². The lowest BCUT2D eigenvalue weighted by molar-refractivity contribution is -0.118. The van der Waals surface area contributed by atoms with Gasteiger partial charge in [-0.3, -0.25) is 9.52 Å². The molecule has 0 heterocycles. The SMILES string of the molecule is Cc1cccc(NC(=O)C(C)CS(=O)(=O)Nc2cccc(F)c2)c1C. The first-order chi connectivity index (χ1) is 11.7. The number of rotatable bonds is 6. The number of amides is 1. The topological polar surface area (TPSA) is 75.3 Å². The van der Waals surface area contributed by atoms with Gasteiger partial charge in [0.2, 0.25) is 15.9 Å². The van der Waals surface area contributed by atoms with E-state index < -0.39 is 33.4 Å². The third-order valence-electron chi connectivity index (χ3n) is 3.88. The number of benzene rings is 2. The predicted molar refractivity (Wildman–Crippen MR) is 97.5 cm³/mol. The summed E-state index contributed by atoms with van der Waals surface area (Å²) in [6.45, 7) is 5.35. The molecule has 0 saturated heterocycles. The fraction of sp³-hybridized carbons (Fsp3) is 0.278. The second kappa shape index (κ2) is 7.65. The van der Waals surface area contributed by atoms with Crippen LogP contribution in [-0.2, 0) is 14.8 Å². The molecule has 0 bridgehead atoms. The first-order valence-electron chi connectivity index (χ1n) is 7.81. The molecule has 2 N–H and O–H groups in total. The van der Waals surface area contributed by atoms with Crippen LogP contribution < -0.4 is 10.0 Å². The maximum absolute atomic E-state index is 13.1. The number of nitrogens with one attached hydrogen (secondary N) is 2. The fourth-order valence-corrected chi connectivity index (χ4v) is 3.70. The number of anilines is 2. The number of hydrogen-bond donors (Lipinski definition) is 2. The van der Waals surface area contributed by atoms with Crippen molar-refractivity contribution in [2.45, 2.75) is 20.8 Å². The second-order valence-corrected chi connectivity index (χ2v) is 7.80. The van der Waals surface area contributed by atoms with Gasteiger partial charge >= 0.3 is 0 Å². The summed E-state index contributed by atoms with van der Waals surface area (Å²) in [4.78, 5) is 12.3. The Bertz CT molecular complexity index is 882. The van der Waals surface area contributed by atoms with E-state index in [1.54, 1.807) is 6.07 Å². The van der Waals surface area contributed by atoms with E-state index in [0.29, 0.717) is 5.69 Å². The Balaban J connectivity index is 2.03. The van der Waals surface area contributed by atoms with Crippen LogP contribution in [0, 0.1) is 25.6 Å². The van der Waals surface area contributed by atoms with Crippen LogP contribution in [-0.4, -0.2) is 20.1 Å². The molecule has 0 spiro atoms. The molecule has 134 valence electrons. The Morgan fingerprint density at radius 1 is 1.16 bits per heavy atom. The molecule has 2 aromatic carbocycles. The first-order valence-corrected chi connectivity index (χ1v) is 9.46. The van der Waals surface area contributed by atoms with Crippen LogP contribution in [0.4, 0.5) is 15.8 Å². The maximum Gasteiger partial charge on any atom is 0.233 e. The molecule has 25 heavy (non-hydrogen) atoms. The zero-order chi connectivity index (χ0) is 18.6. The van der Waals surface area contributed by atoms with Crippen LogP contribution >= 0.6 is 0 Å². The van der Waals surface area contributed by atoms with E-state index in [-0.39, 0.29) is 5.69 Å². The van der Waals surface area contributed by atoms with Gasteiger partial charge in [-0.25, -0.2) is 12.8 Å². The summed E-state index contributed by atoms with van der Waals surface area (Å²) < 4.78 is 39.8. The summed E-state index contributed by atoms with van der Waals surface area (Å²) in [5, 5.41) is 2.76. The molecule has 2 aromatic rings. The second-order valence-electron chi connectivity index (χ2n) is 6.03. The minimum Gasteiger partial charge on any atom is -0.326 e. The molecule has 7 heteroatoms. The quantitative estimate of drug-likeness (QED) is 0.824. The minimum atomic E-state index is -3.78. The summed E-state index contributed by atoms with van der Waals surface area (Å²) in [6, 6.07) is 10.7. The smallest absolute Gasteiger partial charge is 0.233 e. The van der Waals surface area contributed by atoms with Gasteiger partial charge in [-0.05, 0) is 49.2 Å². The maximum atomic E-state index is 13.1. The van der Waals surface area contributed by atoms with E-state index in [1.807, 2.05) is 26.0 Å². The standard InChI is InChI=1S/C18H21FN2O3S/c1-12-6-4-9-17(14(12)3)20-18(22)13(2)11-25(23,24)21-16-8-5-7-15(19)10-16/h4-10,13,21H,11H2,1-3H3,(H,20,22). The average molecular weight is 364 g/mol. The van der Waals surface area contributed by atoms with E-state index in [4.69, 9.17) is 0 Å². The molecule has 0 fully saturated rings. The lowest BCUT2D eigenvalue weighted by Gasteiger charge is -2.15. The van der Waals surface area contributed by atoms with Crippen LogP contribution in [0.1, 0.15) is 18.1 Å². The molecular weight excluding hydrogens is 343 g/mol. The van der Waals surface area contributed by atoms with E-state index in [0.717, 1.165) is 17.2 Å². The molecule has 1 amide bonds. The highest BCUT2D eigenvalue weighted by Crippen LogP contribution is 2.19. The highest BCUT2D eigenvalue weighted by Gasteiger charge is 2.22. The van der Waals surface area contributed by atoms with Crippen LogP contribution in [0.15, 0.2) is 42.5 Å².